The predicted molar refractivity (Wildman–Crippen MR) is 112 cm³/mol. The van der Waals surface area contributed by atoms with Gasteiger partial charge in [0, 0.05) is 30.2 Å². The lowest BCUT2D eigenvalue weighted by Gasteiger charge is -2.22. The number of fused-ring (bicyclic) bond motifs is 1. The summed E-state index contributed by atoms with van der Waals surface area (Å²) in [5, 5.41) is 15.8. The first-order valence-electron chi connectivity index (χ1n) is 10.4. The van der Waals surface area contributed by atoms with Crippen LogP contribution in [0.2, 0.25) is 0 Å². The fourth-order valence-electron chi connectivity index (χ4n) is 4.12. The molecule has 0 bridgehead atoms. The molecule has 1 aliphatic carbocycles. The number of rotatable bonds is 5. The lowest BCUT2D eigenvalue weighted by molar-refractivity contribution is 0.0878. The number of nitrogens with zero attached hydrogens (tertiary/aromatic N) is 5. The van der Waals surface area contributed by atoms with Crippen molar-refractivity contribution in [3.05, 3.63) is 75.7 Å². The van der Waals surface area contributed by atoms with Gasteiger partial charge in [0.25, 0.3) is 5.56 Å². The minimum atomic E-state index is -0.528. The van der Waals surface area contributed by atoms with E-state index in [0.717, 1.165) is 0 Å². The molecule has 0 aromatic carbocycles. The molecule has 5 rings (SSSR count). The second-order valence-electron chi connectivity index (χ2n) is 7.83. The van der Waals surface area contributed by atoms with Gasteiger partial charge in [0.05, 0.1) is 11.9 Å². The molecule has 33 heavy (non-hydrogen) atoms. The Bertz CT molecular complexity index is 1370. The quantitative estimate of drug-likeness (QED) is 0.442. The summed E-state index contributed by atoms with van der Waals surface area (Å²) in [7, 11) is 0. The number of hydrogen-bond donors (Lipinski definition) is 2. The second-order valence-corrected chi connectivity index (χ2v) is 7.83. The second kappa shape index (κ2) is 8.41. The van der Waals surface area contributed by atoms with Gasteiger partial charge in [-0.25, -0.2) is 14.6 Å². The normalized spacial score (nSPS) is 15.4. The third-order valence-electron chi connectivity index (χ3n) is 5.76. The van der Waals surface area contributed by atoms with Gasteiger partial charge in [-0.2, -0.15) is 9.37 Å². The van der Waals surface area contributed by atoms with Crippen molar-refractivity contribution in [3.63, 3.8) is 0 Å². The molecule has 168 valence electrons. The van der Waals surface area contributed by atoms with Crippen LogP contribution in [0.15, 0.2) is 46.0 Å². The van der Waals surface area contributed by atoms with Gasteiger partial charge in [0.15, 0.2) is 0 Å². The largest absolute Gasteiger partial charge is 0.506 e. The van der Waals surface area contributed by atoms with Crippen LogP contribution in [-0.2, 0) is 19.3 Å². The topological polar surface area (TPSA) is 140 Å². The molecule has 0 saturated heterocycles. The Morgan fingerprint density at radius 1 is 1.30 bits per heavy atom. The van der Waals surface area contributed by atoms with Crippen LogP contribution in [0, 0.1) is 5.95 Å². The van der Waals surface area contributed by atoms with Crippen molar-refractivity contribution in [2.24, 2.45) is 0 Å². The maximum atomic E-state index is 14.1. The van der Waals surface area contributed by atoms with E-state index in [2.05, 4.69) is 25.2 Å². The zero-order valence-corrected chi connectivity index (χ0v) is 17.4. The lowest BCUT2D eigenvalue weighted by Crippen LogP contribution is -2.21. The maximum absolute atomic E-state index is 14.1. The van der Waals surface area contributed by atoms with E-state index in [-0.39, 0.29) is 47.7 Å². The predicted octanol–water partition coefficient (Wildman–Crippen LogP) is 2.41. The zero-order chi connectivity index (χ0) is 22.9. The van der Waals surface area contributed by atoms with Crippen molar-refractivity contribution < 1.29 is 18.8 Å². The zero-order valence-electron chi connectivity index (χ0n) is 17.4. The number of carbonyl (C=O) groups excluding carboxylic acids is 1. The Balaban J connectivity index is 1.28. The van der Waals surface area contributed by atoms with Crippen molar-refractivity contribution in [3.8, 4) is 17.3 Å². The Morgan fingerprint density at radius 2 is 2.18 bits per heavy atom. The first kappa shape index (κ1) is 20.7. The smallest absolute Gasteiger partial charge is 0.267 e. The van der Waals surface area contributed by atoms with Crippen molar-refractivity contribution in [2.45, 2.75) is 38.0 Å². The molecule has 0 fully saturated rings. The van der Waals surface area contributed by atoms with Gasteiger partial charge in [-0.15, -0.1) is 0 Å². The fraction of sp³-hybridized carbons (Fsp3) is 0.273. The summed E-state index contributed by atoms with van der Waals surface area (Å²) >= 11 is 0. The molecule has 4 aromatic rings. The van der Waals surface area contributed by atoms with Crippen LogP contribution in [0.1, 0.15) is 46.3 Å². The van der Waals surface area contributed by atoms with Crippen LogP contribution >= 0.6 is 0 Å². The van der Waals surface area contributed by atoms with Crippen LogP contribution in [0.5, 0.6) is 5.75 Å². The van der Waals surface area contributed by atoms with Crippen LogP contribution in [0.3, 0.4) is 0 Å². The maximum Gasteiger partial charge on any atom is 0.267 e. The molecule has 1 unspecified atom stereocenters. The van der Waals surface area contributed by atoms with E-state index in [4.69, 9.17) is 4.52 Å². The SMILES string of the molecule is O=C(CCc1nc(-c2ccc(O)cn2)no1)n1[nH]c(=O)c2c1CCC(c1cccnc1F)C2. The molecule has 0 amide bonds. The van der Waals surface area contributed by atoms with Gasteiger partial charge in [-0.3, -0.25) is 14.7 Å². The molecule has 0 saturated carbocycles. The molecule has 0 radical (unpaired) electrons. The summed E-state index contributed by atoms with van der Waals surface area (Å²) in [4.78, 5) is 37.3. The standard InChI is InChI=1S/C22H19FN6O4/c23-20-14(2-1-9-24-20)12-3-6-17-15(10-12)22(32)27-29(17)19(31)8-7-18-26-21(28-33-18)16-5-4-13(30)11-25-16/h1-2,4-5,9,11-12,30H,3,6-8,10H2,(H,27,32). The summed E-state index contributed by atoms with van der Waals surface area (Å²) in [6.07, 6.45) is 4.31. The third-order valence-corrected chi connectivity index (χ3v) is 5.76. The Morgan fingerprint density at radius 3 is 2.97 bits per heavy atom. The van der Waals surface area contributed by atoms with Gasteiger partial charge < -0.3 is 9.63 Å². The fourth-order valence-corrected chi connectivity index (χ4v) is 4.12. The van der Waals surface area contributed by atoms with Crippen molar-refractivity contribution in [2.75, 3.05) is 0 Å². The van der Waals surface area contributed by atoms with Crippen LogP contribution in [0.25, 0.3) is 11.5 Å². The minimum absolute atomic E-state index is 0.0222. The average molecular weight is 450 g/mol. The van der Waals surface area contributed by atoms with Gasteiger partial charge in [0.2, 0.25) is 23.6 Å². The summed E-state index contributed by atoms with van der Waals surface area (Å²) in [5.74, 6) is -0.472. The van der Waals surface area contributed by atoms with E-state index in [1.165, 1.54) is 23.1 Å². The van der Waals surface area contributed by atoms with Crippen molar-refractivity contribution in [1.82, 2.24) is 29.9 Å². The summed E-state index contributed by atoms with van der Waals surface area (Å²) in [5.41, 5.74) is 1.70. The number of hydrogen-bond acceptors (Lipinski definition) is 8. The van der Waals surface area contributed by atoms with E-state index >= 15 is 0 Å². The van der Waals surface area contributed by atoms with E-state index in [0.29, 0.717) is 41.8 Å². The highest BCUT2D eigenvalue weighted by atomic mass is 19.1. The molecule has 4 heterocycles. The molecular formula is C22H19FN6O4. The molecule has 1 atom stereocenters. The average Bonchev–Trinajstić information content (AvgIpc) is 3.43. The third kappa shape index (κ3) is 4.04. The number of aromatic amines is 1. The molecule has 1 aliphatic rings. The first-order valence-corrected chi connectivity index (χ1v) is 10.4. The summed E-state index contributed by atoms with van der Waals surface area (Å²) in [6, 6.07) is 6.37. The van der Waals surface area contributed by atoms with Crippen LogP contribution < -0.4 is 5.56 Å². The Hall–Kier alpha value is -4.15. The minimum Gasteiger partial charge on any atom is -0.506 e. The summed E-state index contributed by atoms with van der Waals surface area (Å²) in [6.45, 7) is 0. The molecule has 0 aliphatic heterocycles. The number of aromatic hydroxyl groups is 1. The van der Waals surface area contributed by atoms with Gasteiger partial charge in [-0.05, 0) is 43.4 Å². The monoisotopic (exact) mass is 450 g/mol. The lowest BCUT2D eigenvalue weighted by atomic mass is 9.83. The van der Waals surface area contributed by atoms with Crippen LogP contribution in [-0.4, -0.2) is 40.9 Å². The molecule has 0 spiro atoms. The number of halogens is 1. The highest BCUT2D eigenvalue weighted by molar-refractivity contribution is 5.79. The number of aryl methyl sites for hydroxylation is 1. The first-order chi connectivity index (χ1) is 16.0. The number of pyridine rings is 2. The highest BCUT2D eigenvalue weighted by Gasteiger charge is 2.29. The molecular weight excluding hydrogens is 431 g/mol. The number of carbonyl (C=O) groups is 1. The highest BCUT2D eigenvalue weighted by Crippen LogP contribution is 2.32. The number of H-pyrrole nitrogens is 1. The number of nitrogens with one attached hydrogen (secondary N) is 1. The molecule has 2 N–H and O–H groups in total. The molecule has 11 heteroatoms. The Labute approximate surface area is 186 Å². The van der Waals surface area contributed by atoms with E-state index in [1.54, 1.807) is 18.2 Å². The van der Waals surface area contributed by atoms with Crippen molar-refractivity contribution >= 4 is 5.91 Å². The van der Waals surface area contributed by atoms with E-state index in [1.807, 2.05) is 0 Å². The van der Waals surface area contributed by atoms with Gasteiger partial charge in [0.1, 0.15) is 11.4 Å². The van der Waals surface area contributed by atoms with E-state index in [9.17, 15) is 19.1 Å². The van der Waals surface area contributed by atoms with Crippen LogP contribution in [0.4, 0.5) is 4.39 Å². The molecule has 10 nitrogen and oxygen atoms in total. The van der Waals surface area contributed by atoms with Crippen molar-refractivity contribution in [1.29, 1.82) is 0 Å². The van der Waals surface area contributed by atoms with Gasteiger partial charge >= 0.3 is 0 Å². The number of aromatic nitrogens is 6. The molecule has 4 aromatic heterocycles. The van der Waals surface area contributed by atoms with Gasteiger partial charge in [-0.1, -0.05) is 11.2 Å². The van der Waals surface area contributed by atoms with E-state index < -0.39 is 5.95 Å². The Kier molecular flexibility index (Phi) is 5.29. The summed E-state index contributed by atoms with van der Waals surface area (Å²) < 4.78 is 20.6.